The number of hydrogen-bond donors (Lipinski definition) is 1. The molecule has 0 fully saturated rings. The highest BCUT2D eigenvalue weighted by atomic mass is 35.5. The van der Waals surface area contributed by atoms with Crippen molar-refractivity contribution in [3.8, 4) is 0 Å². The average molecular weight is 258 g/mol. The van der Waals surface area contributed by atoms with Crippen LogP contribution in [-0.2, 0) is 13.1 Å². The number of halogens is 1. The second kappa shape index (κ2) is 6.41. The summed E-state index contributed by atoms with van der Waals surface area (Å²) in [5.41, 5.74) is 1.46. The molecule has 0 saturated carbocycles. The second-order valence-corrected chi connectivity index (χ2v) is 5.86. The topological polar surface area (TPSA) is 29.9 Å². The summed E-state index contributed by atoms with van der Waals surface area (Å²) in [6, 6.07) is 0.435. The van der Waals surface area contributed by atoms with Gasteiger partial charge in [-0.25, -0.2) is 0 Å². The highest BCUT2D eigenvalue weighted by Gasteiger charge is 2.23. The van der Waals surface area contributed by atoms with Crippen molar-refractivity contribution in [1.82, 2.24) is 15.1 Å². The van der Waals surface area contributed by atoms with Crippen LogP contribution in [0.4, 0.5) is 0 Å². The monoisotopic (exact) mass is 257 g/mol. The summed E-state index contributed by atoms with van der Waals surface area (Å²) in [5, 5.41) is 7.85. The van der Waals surface area contributed by atoms with Gasteiger partial charge in [-0.2, -0.15) is 5.10 Å². The van der Waals surface area contributed by atoms with E-state index >= 15 is 0 Å². The fraction of sp³-hybridized carbons (Fsp3) is 0.769. The van der Waals surface area contributed by atoms with Crippen molar-refractivity contribution in [2.75, 3.05) is 5.88 Å². The van der Waals surface area contributed by atoms with Gasteiger partial charge in [-0.05, 0) is 18.8 Å². The highest BCUT2D eigenvalue weighted by molar-refractivity contribution is 6.17. The zero-order chi connectivity index (χ0) is 12.9. The van der Waals surface area contributed by atoms with Crippen LogP contribution in [0.1, 0.15) is 39.7 Å². The molecule has 1 atom stereocenters. The van der Waals surface area contributed by atoms with E-state index in [0.717, 1.165) is 19.5 Å². The fourth-order valence-corrected chi connectivity index (χ4v) is 2.08. The largest absolute Gasteiger partial charge is 0.309 e. The first kappa shape index (κ1) is 14.5. The molecule has 1 heterocycles. The van der Waals surface area contributed by atoms with Crippen LogP contribution in [0.2, 0.25) is 0 Å². The maximum atomic E-state index is 5.85. The van der Waals surface area contributed by atoms with Crippen molar-refractivity contribution < 1.29 is 0 Å². The molecule has 1 aromatic rings. The summed E-state index contributed by atoms with van der Waals surface area (Å²) in [4.78, 5) is 0. The predicted molar refractivity (Wildman–Crippen MR) is 73.3 cm³/mol. The first-order chi connectivity index (χ1) is 7.97. The normalized spacial score (nSPS) is 13.9. The van der Waals surface area contributed by atoms with Gasteiger partial charge in [-0.1, -0.05) is 20.8 Å². The van der Waals surface area contributed by atoms with Gasteiger partial charge in [0.25, 0.3) is 0 Å². The Labute approximate surface area is 110 Å². The Kier molecular flexibility index (Phi) is 5.47. The number of nitrogens with one attached hydrogen (secondary N) is 1. The Morgan fingerprint density at radius 3 is 2.65 bits per heavy atom. The molecule has 3 nitrogen and oxygen atoms in total. The van der Waals surface area contributed by atoms with Crippen molar-refractivity contribution in [2.45, 2.75) is 53.2 Å². The lowest BCUT2D eigenvalue weighted by molar-refractivity contribution is 0.260. The fourth-order valence-electron chi connectivity index (χ4n) is 1.86. The third-order valence-corrected chi connectivity index (χ3v) is 3.22. The van der Waals surface area contributed by atoms with Crippen molar-refractivity contribution in [3.05, 3.63) is 18.0 Å². The summed E-state index contributed by atoms with van der Waals surface area (Å²) >= 11 is 5.85. The molecular weight excluding hydrogens is 234 g/mol. The minimum atomic E-state index is 0.232. The van der Waals surface area contributed by atoms with Gasteiger partial charge in [-0.3, -0.25) is 4.68 Å². The first-order valence-electron chi connectivity index (χ1n) is 6.28. The van der Waals surface area contributed by atoms with Crippen LogP contribution in [0.25, 0.3) is 0 Å². The number of hydrogen-bond acceptors (Lipinski definition) is 2. The van der Waals surface area contributed by atoms with E-state index in [-0.39, 0.29) is 5.41 Å². The minimum absolute atomic E-state index is 0.232. The van der Waals surface area contributed by atoms with Gasteiger partial charge in [0.2, 0.25) is 0 Å². The lowest BCUT2D eigenvalue weighted by atomic mass is 9.85. The predicted octanol–water partition coefficient (Wildman–Crippen LogP) is 3.04. The van der Waals surface area contributed by atoms with Crippen LogP contribution in [0, 0.1) is 5.41 Å². The molecule has 0 aliphatic rings. The maximum Gasteiger partial charge on any atom is 0.0534 e. The number of aromatic nitrogens is 2. The molecule has 1 unspecified atom stereocenters. The van der Waals surface area contributed by atoms with E-state index in [1.54, 1.807) is 0 Å². The zero-order valence-electron chi connectivity index (χ0n) is 11.3. The van der Waals surface area contributed by atoms with Crippen LogP contribution >= 0.6 is 11.6 Å². The lowest BCUT2D eigenvalue weighted by Crippen LogP contribution is -2.40. The van der Waals surface area contributed by atoms with Gasteiger partial charge in [0, 0.05) is 36.8 Å². The molecule has 0 amide bonds. The van der Waals surface area contributed by atoms with Gasteiger partial charge < -0.3 is 5.32 Å². The summed E-state index contributed by atoms with van der Waals surface area (Å²) in [6.07, 6.45) is 5.01. The summed E-state index contributed by atoms with van der Waals surface area (Å²) in [7, 11) is 0. The quantitative estimate of drug-likeness (QED) is 0.794. The Morgan fingerprint density at radius 1 is 1.47 bits per heavy atom. The van der Waals surface area contributed by atoms with Crippen molar-refractivity contribution in [3.63, 3.8) is 0 Å². The van der Waals surface area contributed by atoms with Crippen LogP contribution in [0.15, 0.2) is 12.4 Å². The summed E-state index contributed by atoms with van der Waals surface area (Å²) in [5.74, 6) is 0.698. The summed E-state index contributed by atoms with van der Waals surface area (Å²) in [6.45, 7) is 10.6. The van der Waals surface area contributed by atoms with E-state index in [4.69, 9.17) is 11.6 Å². The smallest absolute Gasteiger partial charge is 0.0534 e. The van der Waals surface area contributed by atoms with E-state index in [2.05, 4.69) is 44.3 Å². The van der Waals surface area contributed by atoms with Gasteiger partial charge in [0.05, 0.1) is 6.20 Å². The van der Waals surface area contributed by atoms with Gasteiger partial charge >= 0.3 is 0 Å². The number of rotatable bonds is 6. The SMILES string of the molecule is CCn1cc(CNC(CCCl)C(C)(C)C)cn1. The van der Waals surface area contributed by atoms with Crippen LogP contribution in [-0.4, -0.2) is 21.7 Å². The molecular formula is C13H24ClN3. The second-order valence-electron chi connectivity index (χ2n) is 5.48. The third-order valence-electron chi connectivity index (χ3n) is 3.01. The molecule has 0 aliphatic heterocycles. The molecule has 98 valence electrons. The summed E-state index contributed by atoms with van der Waals surface area (Å²) < 4.78 is 1.95. The van der Waals surface area contributed by atoms with E-state index in [9.17, 15) is 0 Å². The van der Waals surface area contributed by atoms with Gasteiger partial charge in [0.1, 0.15) is 0 Å². The van der Waals surface area contributed by atoms with E-state index < -0.39 is 0 Å². The Bertz CT molecular complexity index is 328. The molecule has 1 rings (SSSR count). The van der Waals surface area contributed by atoms with Crippen LogP contribution < -0.4 is 5.32 Å². The third kappa shape index (κ3) is 4.68. The number of nitrogens with zero attached hydrogens (tertiary/aromatic N) is 2. The molecule has 0 aliphatic carbocycles. The maximum absolute atomic E-state index is 5.85. The Morgan fingerprint density at radius 2 is 2.18 bits per heavy atom. The van der Waals surface area contributed by atoms with Crippen molar-refractivity contribution in [2.24, 2.45) is 5.41 Å². The van der Waals surface area contributed by atoms with Crippen molar-refractivity contribution >= 4 is 11.6 Å². The van der Waals surface area contributed by atoms with Gasteiger partial charge in [0.15, 0.2) is 0 Å². The molecule has 0 radical (unpaired) electrons. The van der Waals surface area contributed by atoms with E-state index in [1.807, 2.05) is 10.9 Å². The average Bonchev–Trinajstić information content (AvgIpc) is 2.70. The van der Waals surface area contributed by atoms with Crippen LogP contribution in [0.3, 0.4) is 0 Å². The Balaban J connectivity index is 2.51. The van der Waals surface area contributed by atoms with Crippen molar-refractivity contribution in [1.29, 1.82) is 0 Å². The molecule has 0 bridgehead atoms. The molecule has 0 spiro atoms. The standard InChI is InChI=1S/C13H24ClN3/c1-5-17-10-11(9-16-17)8-15-12(6-7-14)13(2,3)4/h9-10,12,15H,5-8H2,1-4H3. The first-order valence-corrected chi connectivity index (χ1v) is 6.81. The molecule has 0 aromatic carbocycles. The lowest BCUT2D eigenvalue weighted by Gasteiger charge is -2.31. The Hall–Kier alpha value is -0.540. The minimum Gasteiger partial charge on any atom is -0.309 e. The molecule has 0 saturated heterocycles. The molecule has 4 heteroatoms. The van der Waals surface area contributed by atoms with E-state index in [0.29, 0.717) is 11.9 Å². The molecule has 17 heavy (non-hydrogen) atoms. The number of alkyl halides is 1. The number of aryl methyl sites for hydroxylation is 1. The molecule has 1 aromatic heterocycles. The molecule has 1 N–H and O–H groups in total. The zero-order valence-corrected chi connectivity index (χ0v) is 12.1. The van der Waals surface area contributed by atoms with Crippen LogP contribution in [0.5, 0.6) is 0 Å². The van der Waals surface area contributed by atoms with E-state index in [1.165, 1.54) is 5.56 Å². The van der Waals surface area contributed by atoms with Gasteiger partial charge in [-0.15, -0.1) is 11.6 Å². The highest BCUT2D eigenvalue weighted by Crippen LogP contribution is 2.22.